The Kier molecular flexibility index (Phi) is 7.70. The van der Waals surface area contributed by atoms with Gasteiger partial charge in [-0.1, -0.05) is 58.0 Å². The molecule has 6 heteroatoms. The smallest absolute Gasteiger partial charge is 0.319 e. The number of benzene rings is 2. The molecule has 1 aliphatic rings. The zero-order valence-electron chi connectivity index (χ0n) is 21.2. The summed E-state index contributed by atoms with van der Waals surface area (Å²) in [7, 11) is 4.01. The molecule has 0 bridgehead atoms. The van der Waals surface area contributed by atoms with E-state index in [1.807, 2.05) is 57.1 Å². The Morgan fingerprint density at radius 2 is 1.45 bits per heavy atom. The quantitative estimate of drug-likeness (QED) is 0.556. The Labute approximate surface area is 198 Å². The summed E-state index contributed by atoms with van der Waals surface area (Å²) in [5.74, 6) is -0.438. The summed E-state index contributed by atoms with van der Waals surface area (Å²) in [5.41, 5.74) is 5.11. The van der Waals surface area contributed by atoms with Gasteiger partial charge in [-0.05, 0) is 48.9 Å². The lowest BCUT2D eigenvalue weighted by Crippen LogP contribution is -2.44. The highest BCUT2D eigenvalue weighted by atomic mass is 16.8. The van der Waals surface area contributed by atoms with Crippen molar-refractivity contribution in [1.29, 1.82) is 0 Å². The molecular weight excluding hydrogens is 414 g/mol. The van der Waals surface area contributed by atoms with E-state index >= 15 is 0 Å². The summed E-state index contributed by atoms with van der Waals surface area (Å²) in [6, 6.07) is 14.0. The number of carbonyl (C=O) groups excluding carboxylic acids is 1. The minimum absolute atomic E-state index is 0.0856. The van der Waals surface area contributed by atoms with Crippen LogP contribution in [0.2, 0.25) is 0 Å². The topological polar surface area (TPSA) is 62.8 Å². The number of anilines is 2. The normalized spacial score (nSPS) is 22.6. The number of nitrogens with zero attached hydrogens (tertiary/aromatic N) is 1. The lowest BCUT2D eigenvalue weighted by Gasteiger charge is -2.30. The molecule has 0 radical (unpaired) electrons. The van der Waals surface area contributed by atoms with Crippen LogP contribution in [0, 0.1) is 0 Å². The number of nitrogens with one attached hydrogen (secondary N) is 2. The van der Waals surface area contributed by atoms with Crippen molar-refractivity contribution in [1.82, 2.24) is 5.32 Å². The van der Waals surface area contributed by atoms with Crippen LogP contribution in [0.25, 0.3) is 0 Å². The fourth-order valence-electron chi connectivity index (χ4n) is 4.20. The van der Waals surface area contributed by atoms with E-state index in [2.05, 4.69) is 56.5 Å². The number of rotatable bonds is 7. The molecule has 2 N–H and O–H groups in total. The molecule has 2 aromatic carbocycles. The van der Waals surface area contributed by atoms with Gasteiger partial charge in [0.25, 0.3) is 0 Å². The van der Waals surface area contributed by atoms with Crippen molar-refractivity contribution in [2.45, 2.75) is 71.4 Å². The van der Waals surface area contributed by atoms with Crippen molar-refractivity contribution in [2.24, 2.45) is 0 Å². The van der Waals surface area contributed by atoms with Crippen LogP contribution < -0.4 is 15.5 Å². The highest BCUT2D eigenvalue weighted by Gasteiger charge is 2.46. The van der Waals surface area contributed by atoms with E-state index in [9.17, 15) is 4.79 Å². The van der Waals surface area contributed by atoms with Gasteiger partial charge in [0.05, 0.1) is 18.8 Å². The van der Waals surface area contributed by atoms with Gasteiger partial charge in [0.2, 0.25) is 5.79 Å². The monoisotopic (exact) mass is 453 g/mol. The standard InChI is InChI=1S/C27H39N3O3/c1-17(2)23-10-9-11-24(18(3)4)25(23)29-26(31)28-16-27(32-19(5)20(6)33-27)21-12-14-22(15-13-21)30(7)8/h9-15,17-20H,16H2,1-8H3,(H2,28,29,31). The number of amides is 2. The minimum Gasteiger partial charge on any atom is -0.378 e. The molecule has 1 heterocycles. The molecule has 3 rings (SSSR count). The van der Waals surface area contributed by atoms with Gasteiger partial charge in [-0.15, -0.1) is 0 Å². The zero-order valence-corrected chi connectivity index (χ0v) is 21.2. The van der Waals surface area contributed by atoms with E-state index < -0.39 is 5.79 Å². The Hall–Kier alpha value is -2.57. The number of hydrogen-bond donors (Lipinski definition) is 2. The number of hydrogen-bond acceptors (Lipinski definition) is 4. The van der Waals surface area contributed by atoms with Gasteiger partial charge < -0.3 is 25.0 Å². The molecule has 2 aromatic rings. The van der Waals surface area contributed by atoms with Crippen LogP contribution in [0.5, 0.6) is 0 Å². The second-order valence-electron chi connectivity index (χ2n) is 9.77. The van der Waals surface area contributed by atoms with Gasteiger partial charge in [0.15, 0.2) is 0 Å². The maximum atomic E-state index is 13.1. The summed E-state index contributed by atoms with van der Waals surface area (Å²) in [6.07, 6.45) is -0.171. The molecule has 33 heavy (non-hydrogen) atoms. The summed E-state index contributed by atoms with van der Waals surface area (Å²) in [5, 5.41) is 6.13. The number of para-hydroxylation sites is 1. The molecule has 1 aliphatic heterocycles. The summed E-state index contributed by atoms with van der Waals surface area (Å²) in [6.45, 7) is 12.7. The second-order valence-corrected chi connectivity index (χ2v) is 9.77. The molecule has 0 saturated carbocycles. The zero-order chi connectivity index (χ0) is 24.3. The average molecular weight is 454 g/mol. The van der Waals surface area contributed by atoms with Crippen molar-refractivity contribution in [3.8, 4) is 0 Å². The number of urea groups is 1. The lowest BCUT2D eigenvalue weighted by atomic mass is 9.93. The van der Waals surface area contributed by atoms with Gasteiger partial charge in [-0.25, -0.2) is 4.79 Å². The molecule has 0 aromatic heterocycles. The maximum Gasteiger partial charge on any atom is 0.319 e. The highest BCUT2D eigenvalue weighted by Crippen LogP contribution is 2.38. The van der Waals surface area contributed by atoms with Crippen LogP contribution in [-0.4, -0.2) is 38.9 Å². The minimum atomic E-state index is -1.03. The largest absolute Gasteiger partial charge is 0.378 e. The van der Waals surface area contributed by atoms with E-state index in [0.717, 1.165) is 28.1 Å². The summed E-state index contributed by atoms with van der Waals surface area (Å²) < 4.78 is 12.6. The summed E-state index contributed by atoms with van der Waals surface area (Å²) >= 11 is 0. The van der Waals surface area contributed by atoms with Crippen molar-refractivity contribution in [2.75, 3.05) is 30.9 Å². The van der Waals surface area contributed by atoms with Crippen LogP contribution in [0.3, 0.4) is 0 Å². The van der Waals surface area contributed by atoms with Crippen molar-refractivity contribution < 1.29 is 14.3 Å². The maximum absolute atomic E-state index is 13.1. The van der Waals surface area contributed by atoms with E-state index in [1.165, 1.54) is 0 Å². The first-order valence-corrected chi connectivity index (χ1v) is 11.8. The molecule has 2 atom stereocenters. The van der Waals surface area contributed by atoms with Gasteiger partial charge in [0, 0.05) is 31.0 Å². The highest BCUT2D eigenvalue weighted by molar-refractivity contribution is 5.91. The molecule has 2 amide bonds. The van der Waals surface area contributed by atoms with Crippen LogP contribution in [0.15, 0.2) is 42.5 Å². The Bertz CT molecular complexity index is 917. The van der Waals surface area contributed by atoms with Crippen LogP contribution in [0.1, 0.15) is 70.1 Å². The fourth-order valence-corrected chi connectivity index (χ4v) is 4.20. The number of ether oxygens (including phenoxy) is 2. The third-order valence-electron chi connectivity index (χ3n) is 6.33. The summed E-state index contributed by atoms with van der Waals surface area (Å²) in [4.78, 5) is 15.1. The van der Waals surface area contributed by atoms with E-state index in [1.54, 1.807) is 0 Å². The molecule has 6 nitrogen and oxygen atoms in total. The van der Waals surface area contributed by atoms with Crippen molar-refractivity contribution in [3.63, 3.8) is 0 Å². The van der Waals surface area contributed by atoms with Gasteiger partial charge in [-0.3, -0.25) is 0 Å². The first kappa shape index (κ1) is 25.1. The average Bonchev–Trinajstić information content (AvgIpc) is 3.06. The third kappa shape index (κ3) is 5.50. The van der Waals surface area contributed by atoms with E-state index in [0.29, 0.717) is 11.8 Å². The van der Waals surface area contributed by atoms with Crippen LogP contribution >= 0.6 is 0 Å². The Balaban J connectivity index is 1.82. The van der Waals surface area contributed by atoms with Gasteiger partial charge in [0.1, 0.15) is 0 Å². The predicted octanol–water partition coefficient (Wildman–Crippen LogP) is 5.80. The number of carbonyl (C=O) groups is 1. The third-order valence-corrected chi connectivity index (χ3v) is 6.33. The molecular formula is C27H39N3O3. The van der Waals surface area contributed by atoms with Crippen molar-refractivity contribution >= 4 is 17.4 Å². The lowest BCUT2D eigenvalue weighted by molar-refractivity contribution is -0.176. The molecule has 1 saturated heterocycles. The first-order valence-electron chi connectivity index (χ1n) is 11.8. The molecule has 0 spiro atoms. The Morgan fingerprint density at radius 3 is 1.91 bits per heavy atom. The molecule has 1 fully saturated rings. The Morgan fingerprint density at radius 1 is 0.939 bits per heavy atom. The van der Waals surface area contributed by atoms with Crippen molar-refractivity contribution in [3.05, 3.63) is 59.2 Å². The van der Waals surface area contributed by atoms with Gasteiger partial charge in [-0.2, -0.15) is 0 Å². The molecule has 0 aliphatic carbocycles. The molecule has 2 unspecified atom stereocenters. The SMILES string of the molecule is CC(C)c1cccc(C(C)C)c1NC(=O)NCC1(c2ccc(N(C)C)cc2)OC(C)C(C)O1. The fraction of sp³-hybridized carbons (Fsp3) is 0.519. The second kappa shape index (κ2) is 10.1. The van der Waals surface area contributed by atoms with Crippen LogP contribution in [0.4, 0.5) is 16.2 Å². The van der Waals surface area contributed by atoms with Gasteiger partial charge >= 0.3 is 6.03 Å². The van der Waals surface area contributed by atoms with E-state index in [-0.39, 0.29) is 24.8 Å². The first-order chi connectivity index (χ1) is 15.5. The van der Waals surface area contributed by atoms with E-state index in [4.69, 9.17) is 9.47 Å². The van der Waals surface area contributed by atoms with Crippen LogP contribution in [-0.2, 0) is 15.3 Å². The molecule has 180 valence electrons. The predicted molar refractivity (Wildman–Crippen MR) is 135 cm³/mol.